The fourth-order valence-electron chi connectivity index (χ4n) is 2.89. The van der Waals surface area contributed by atoms with Crippen LogP contribution in [0.2, 0.25) is 10.0 Å². The number of halogens is 2. The maximum atomic E-state index is 6.36. The molecular formula is C17H19Cl2N3S. The molecule has 3 nitrogen and oxygen atoms in total. The van der Waals surface area contributed by atoms with E-state index in [0.29, 0.717) is 16.0 Å². The Bertz CT molecular complexity index is 770. The summed E-state index contributed by atoms with van der Waals surface area (Å²) in [5, 5.41) is 8.01. The SMILES string of the molecule is CN=c1scc(-c2ccc(Cl)cc2Cl)n1N=CC1CCCCC1. The largest absolute Gasteiger partial charge is 0.261 e. The zero-order chi connectivity index (χ0) is 16.2. The predicted molar refractivity (Wildman–Crippen MR) is 99.7 cm³/mol. The van der Waals surface area contributed by atoms with Gasteiger partial charge in [-0.25, -0.2) is 4.68 Å². The maximum Gasteiger partial charge on any atom is 0.205 e. The van der Waals surface area contributed by atoms with E-state index >= 15 is 0 Å². The van der Waals surface area contributed by atoms with Crippen LogP contribution in [0.4, 0.5) is 0 Å². The van der Waals surface area contributed by atoms with Crippen LogP contribution >= 0.6 is 34.5 Å². The lowest BCUT2D eigenvalue weighted by molar-refractivity contribution is 0.443. The molecular weight excluding hydrogens is 349 g/mol. The van der Waals surface area contributed by atoms with Crippen LogP contribution in [0.15, 0.2) is 33.7 Å². The Labute approximate surface area is 150 Å². The van der Waals surface area contributed by atoms with Crippen molar-refractivity contribution in [2.45, 2.75) is 32.1 Å². The number of benzene rings is 1. The van der Waals surface area contributed by atoms with Gasteiger partial charge in [-0.15, -0.1) is 11.3 Å². The van der Waals surface area contributed by atoms with Crippen LogP contribution in [0.25, 0.3) is 11.3 Å². The Kier molecular flexibility index (Phi) is 5.57. The summed E-state index contributed by atoms with van der Waals surface area (Å²) in [6, 6.07) is 5.53. The highest BCUT2D eigenvalue weighted by Gasteiger charge is 2.13. The van der Waals surface area contributed by atoms with E-state index in [2.05, 4.69) is 11.2 Å². The van der Waals surface area contributed by atoms with Crippen molar-refractivity contribution in [2.75, 3.05) is 7.05 Å². The van der Waals surface area contributed by atoms with Crippen molar-refractivity contribution in [3.63, 3.8) is 0 Å². The molecule has 1 saturated carbocycles. The molecule has 1 aromatic heterocycles. The quantitative estimate of drug-likeness (QED) is 0.643. The van der Waals surface area contributed by atoms with Gasteiger partial charge in [0.25, 0.3) is 0 Å². The lowest BCUT2D eigenvalue weighted by Gasteiger charge is -2.17. The molecule has 0 amide bonds. The molecule has 1 fully saturated rings. The Morgan fingerprint density at radius 1 is 1.22 bits per heavy atom. The number of nitrogens with zero attached hydrogens (tertiary/aromatic N) is 3. The Balaban J connectivity index is 1.98. The van der Waals surface area contributed by atoms with E-state index < -0.39 is 0 Å². The number of aromatic nitrogens is 1. The first-order valence-electron chi connectivity index (χ1n) is 7.82. The lowest BCUT2D eigenvalue weighted by Crippen LogP contribution is -2.14. The molecule has 1 aliphatic carbocycles. The minimum absolute atomic E-state index is 0.564. The summed E-state index contributed by atoms with van der Waals surface area (Å²) in [5.74, 6) is 0.564. The van der Waals surface area contributed by atoms with E-state index in [1.807, 2.05) is 22.2 Å². The van der Waals surface area contributed by atoms with Crippen LogP contribution in [0.5, 0.6) is 0 Å². The van der Waals surface area contributed by atoms with Gasteiger partial charge in [-0.3, -0.25) is 4.99 Å². The second kappa shape index (κ2) is 7.65. The van der Waals surface area contributed by atoms with Crippen molar-refractivity contribution in [1.29, 1.82) is 0 Å². The average molecular weight is 368 g/mol. The molecule has 0 aliphatic heterocycles. The summed E-state index contributed by atoms with van der Waals surface area (Å²) in [5.41, 5.74) is 1.87. The second-order valence-corrected chi connectivity index (χ2v) is 7.41. The molecule has 0 atom stereocenters. The topological polar surface area (TPSA) is 29.6 Å². The van der Waals surface area contributed by atoms with Gasteiger partial charge in [0.15, 0.2) is 0 Å². The summed E-state index contributed by atoms with van der Waals surface area (Å²) < 4.78 is 1.88. The Hall–Kier alpha value is -1.10. The van der Waals surface area contributed by atoms with Gasteiger partial charge in [0.2, 0.25) is 4.80 Å². The monoisotopic (exact) mass is 367 g/mol. The zero-order valence-corrected chi connectivity index (χ0v) is 15.3. The zero-order valence-electron chi connectivity index (χ0n) is 13.0. The van der Waals surface area contributed by atoms with Gasteiger partial charge in [0.1, 0.15) is 0 Å². The molecule has 122 valence electrons. The molecule has 0 saturated heterocycles. The molecule has 6 heteroatoms. The summed E-state index contributed by atoms with van der Waals surface area (Å²) >= 11 is 13.9. The minimum atomic E-state index is 0.564. The van der Waals surface area contributed by atoms with Crippen LogP contribution in [-0.2, 0) is 0 Å². The van der Waals surface area contributed by atoms with Crippen molar-refractivity contribution in [3.8, 4) is 11.3 Å². The Morgan fingerprint density at radius 3 is 2.70 bits per heavy atom. The smallest absolute Gasteiger partial charge is 0.205 e. The summed E-state index contributed by atoms with van der Waals surface area (Å²) in [6.07, 6.45) is 8.47. The van der Waals surface area contributed by atoms with Crippen molar-refractivity contribution in [1.82, 2.24) is 4.68 Å². The molecule has 0 unspecified atom stereocenters. The highest BCUT2D eigenvalue weighted by Crippen LogP contribution is 2.31. The minimum Gasteiger partial charge on any atom is -0.261 e. The maximum absolute atomic E-state index is 6.36. The fraction of sp³-hybridized carbons (Fsp3) is 0.412. The molecule has 1 aliphatic rings. The van der Waals surface area contributed by atoms with E-state index in [1.165, 1.54) is 32.1 Å². The molecule has 0 bridgehead atoms. The number of hydrogen-bond donors (Lipinski definition) is 0. The molecule has 23 heavy (non-hydrogen) atoms. The van der Waals surface area contributed by atoms with E-state index in [4.69, 9.17) is 28.3 Å². The third-order valence-electron chi connectivity index (χ3n) is 4.13. The molecule has 0 radical (unpaired) electrons. The summed E-state index contributed by atoms with van der Waals surface area (Å²) in [4.78, 5) is 5.19. The van der Waals surface area contributed by atoms with Gasteiger partial charge in [0, 0.05) is 29.2 Å². The first-order valence-corrected chi connectivity index (χ1v) is 9.46. The van der Waals surface area contributed by atoms with Gasteiger partial charge in [-0.2, -0.15) is 5.10 Å². The van der Waals surface area contributed by atoms with Gasteiger partial charge in [0.05, 0.1) is 10.7 Å². The molecule has 3 rings (SSSR count). The van der Waals surface area contributed by atoms with Crippen LogP contribution < -0.4 is 4.80 Å². The van der Waals surface area contributed by atoms with E-state index in [0.717, 1.165) is 16.1 Å². The van der Waals surface area contributed by atoms with Crippen molar-refractivity contribution in [2.24, 2.45) is 16.0 Å². The molecule has 0 N–H and O–H groups in total. The average Bonchev–Trinajstić information content (AvgIpc) is 2.96. The lowest BCUT2D eigenvalue weighted by atomic mass is 9.90. The molecule has 2 aromatic rings. The third-order valence-corrected chi connectivity index (χ3v) is 5.58. The first kappa shape index (κ1) is 16.7. The molecule has 1 aromatic carbocycles. The van der Waals surface area contributed by atoms with Crippen molar-refractivity contribution in [3.05, 3.63) is 38.4 Å². The van der Waals surface area contributed by atoms with Crippen molar-refractivity contribution < 1.29 is 0 Å². The standard InChI is InChI=1S/C17H19Cl2N3S/c1-20-17-22(21-10-12-5-3-2-4-6-12)16(11-23-17)14-8-7-13(18)9-15(14)19/h7-12H,2-6H2,1H3. The van der Waals surface area contributed by atoms with Gasteiger partial charge >= 0.3 is 0 Å². The fourth-order valence-corrected chi connectivity index (χ4v) is 4.19. The normalized spacial score (nSPS) is 17.3. The van der Waals surface area contributed by atoms with Crippen LogP contribution in [0.3, 0.4) is 0 Å². The van der Waals surface area contributed by atoms with Gasteiger partial charge in [-0.05, 0) is 37.0 Å². The second-order valence-electron chi connectivity index (χ2n) is 5.73. The van der Waals surface area contributed by atoms with Crippen LogP contribution in [0.1, 0.15) is 32.1 Å². The highest BCUT2D eigenvalue weighted by atomic mass is 35.5. The van der Waals surface area contributed by atoms with Crippen molar-refractivity contribution >= 4 is 40.8 Å². The van der Waals surface area contributed by atoms with Gasteiger partial charge in [-0.1, -0.05) is 42.5 Å². The van der Waals surface area contributed by atoms with Gasteiger partial charge < -0.3 is 0 Å². The van der Waals surface area contributed by atoms with E-state index in [-0.39, 0.29) is 0 Å². The molecule has 1 heterocycles. The Morgan fingerprint density at radius 2 is 2.00 bits per heavy atom. The van der Waals surface area contributed by atoms with Crippen LogP contribution in [0, 0.1) is 5.92 Å². The highest BCUT2D eigenvalue weighted by molar-refractivity contribution is 7.07. The third kappa shape index (κ3) is 3.87. The molecule has 0 spiro atoms. The van der Waals surface area contributed by atoms with E-state index in [1.54, 1.807) is 24.5 Å². The first-order chi connectivity index (χ1) is 11.2. The number of thiazole rings is 1. The van der Waals surface area contributed by atoms with Crippen LogP contribution in [-0.4, -0.2) is 17.9 Å². The summed E-state index contributed by atoms with van der Waals surface area (Å²) in [6.45, 7) is 0. The number of hydrogen-bond acceptors (Lipinski definition) is 3. The van der Waals surface area contributed by atoms with E-state index in [9.17, 15) is 0 Å². The number of rotatable bonds is 3. The summed E-state index contributed by atoms with van der Waals surface area (Å²) in [7, 11) is 1.78. The predicted octanol–water partition coefficient (Wildman–Crippen LogP) is 5.47.